The Labute approximate surface area is 169 Å². The molecule has 0 radical (unpaired) electrons. The van der Waals surface area contributed by atoms with E-state index in [0.717, 1.165) is 18.4 Å². The van der Waals surface area contributed by atoms with Crippen molar-refractivity contribution in [3.8, 4) is 5.75 Å². The lowest BCUT2D eigenvalue weighted by Crippen LogP contribution is -2.39. The van der Waals surface area contributed by atoms with Gasteiger partial charge in [0, 0.05) is 19.3 Å². The first-order valence-corrected chi connectivity index (χ1v) is 11.1. The number of guanidine groups is 1. The lowest BCUT2D eigenvalue weighted by molar-refractivity contribution is 0.321. The maximum atomic E-state index is 13.6. The number of halogens is 2. The molecule has 0 fully saturated rings. The fraction of sp³-hybridized carbons (Fsp3) is 0.350. The summed E-state index contributed by atoms with van der Waals surface area (Å²) in [6.07, 6.45) is 1.43. The first-order valence-electron chi connectivity index (χ1n) is 9.18. The Kier molecular flexibility index (Phi) is 8.38. The van der Waals surface area contributed by atoms with Crippen LogP contribution in [-0.4, -0.2) is 46.9 Å². The van der Waals surface area contributed by atoms with Crippen molar-refractivity contribution in [1.29, 1.82) is 0 Å². The summed E-state index contributed by atoms with van der Waals surface area (Å²) < 4.78 is 55.3. The highest BCUT2D eigenvalue weighted by atomic mass is 32.2. The average Bonchev–Trinajstić information content (AvgIpc) is 2.67. The number of hydrogen-bond donors (Lipinski definition) is 2. The average molecular weight is 426 g/mol. The predicted molar refractivity (Wildman–Crippen MR) is 109 cm³/mol. The van der Waals surface area contributed by atoms with Gasteiger partial charge in [-0.3, -0.25) is 4.99 Å². The molecule has 0 aromatic heterocycles. The number of ether oxygens (including phenoxy) is 1. The molecule has 9 heteroatoms. The lowest BCUT2D eigenvalue weighted by atomic mass is 10.1. The van der Waals surface area contributed by atoms with E-state index >= 15 is 0 Å². The van der Waals surface area contributed by atoms with E-state index in [2.05, 4.69) is 15.6 Å². The van der Waals surface area contributed by atoms with Crippen LogP contribution >= 0.6 is 0 Å². The van der Waals surface area contributed by atoms with Gasteiger partial charge in [-0.25, -0.2) is 17.2 Å². The molecule has 2 aromatic rings. The van der Waals surface area contributed by atoms with Gasteiger partial charge in [0.2, 0.25) is 0 Å². The van der Waals surface area contributed by atoms with E-state index in [4.69, 9.17) is 4.74 Å². The van der Waals surface area contributed by atoms with Crippen LogP contribution in [0.2, 0.25) is 0 Å². The molecule has 6 nitrogen and oxygen atoms in total. The van der Waals surface area contributed by atoms with Crippen molar-refractivity contribution < 1.29 is 21.9 Å². The Hall–Kier alpha value is -2.68. The fourth-order valence-corrected chi connectivity index (χ4v) is 3.12. The van der Waals surface area contributed by atoms with Crippen LogP contribution in [0.5, 0.6) is 5.75 Å². The van der Waals surface area contributed by atoms with Crippen LogP contribution in [0.1, 0.15) is 12.5 Å². The van der Waals surface area contributed by atoms with Crippen molar-refractivity contribution in [3.05, 3.63) is 59.7 Å². The third kappa shape index (κ3) is 7.69. The normalized spacial score (nSPS) is 11.9. The minimum atomic E-state index is -3.23. The number of nitrogens with one attached hydrogen (secondary N) is 2. The standard InChI is InChI=1S/C20H25F2N3O3S/c1-3-23-20(24-11-10-15-14-16(21)4-9-19(15)22)25-12-13-28-17-5-7-18(8-6-17)29(2,26)27/h4-9,14H,3,10-13H2,1-2H3,(H2,23,24,25). The minimum absolute atomic E-state index is 0.235. The van der Waals surface area contributed by atoms with Gasteiger partial charge in [0.25, 0.3) is 0 Å². The summed E-state index contributed by atoms with van der Waals surface area (Å²) in [7, 11) is -3.23. The van der Waals surface area contributed by atoms with E-state index in [1.807, 2.05) is 6.92 Å². The van der Waals surface area contributed by atoms with Crippen molar-refractivity contribution in [2.45, 2.75) is 18.2 Å². The first kappa shape index (κ1) is 22.6. The molecular formula is C20H25F2N3O3S. The topological polar surface area (TPSA) is 79.8 Å². The van der Waals surface area contributed by atoms with Crippen LogP contribution in [0.3, 0.4) is 0 Å². The third-order valence-corrected chi connectivity index (χ3v) is 5.05. The molecule has 0 bridgehead atoms. The highest BCUT2D eigenvalue weighted by Gasteiger charge is 2.07. The maximum absolute atomic E-state index is 13.6. The number of rotatable bonds is 9. The summed E-state index contributed by atoms with van der Waals surface area (Å²) in [5.74, 6) is 0.176. The van der Waals surface area contributed by atoms with Gasteiger partial charge in [0.05, 0.1) is 11.4 Å². The molecule has 2 aromatic carbocycles. The fourth-order valence-electron chi connectivity index (χ4n) is 2.49. The van der Waals surface area contributed by atoms with Crippen LogP contribution in [0.25, 0.3) is 0 Å². The summed E-state index contributed by atoms with van der Waals surface area (Å²) >= 11 is 0. The van der Waals surface area contributed by atoms with E-state index in [1.165, 1.54) is 18.2 Å². The molecule has 2 rings (SSSR count). The zero-order valence-electron chi connectivity index (χ0n) is 16.4. The Bertz CT molecular complexity index is 932. The lowest BCUT2D eigenvalue weighted by Gasteiger charge is -2.12. The molecule has 0 heterocycles. The molecule has 0 saturated heterocycles. The van der Waals surface area contributed by atoms with Gasteiger partial charge >= 0.3 is 0 Å². The van der Waals surface area contributed by atoms with Crippen molar-refractivity contribution in [1.82, 2.24) is 10.6 Å². The highest BCUT2D eigenvalue weighted by Crippen LogP contribution is 2.15. The second kappa shape index (κ2) is 10.8. The number of aliphatic imine (C=N–C) groups is 1. The van der Waals surface area contributed by atoms with Crippen LogP contribution in [-0.2, 0) is 16.3 Å². The second-order valence-electron chi connectivity index (χ2n) is 6.27. The molecule has 0 saturated carbocycles. The summed E-state index contributed by atoms with van der Waals surface area (Å²) in [5, 5.41) is 6.16. The monoisotopic (exact) mass is 425 g/mol. The summed E-state index contributed by atoms with van der Waals surface area (Å²) in [4.78, 5) is 4.58. The van der Waals surface area contributed by atoms with E-state index < -0.39 is 21.5 Å². The van der Waals surface area contributed by atoms with Gasteiger partial charge in [0.1, 0.15) is 24.0 Å². The van der Waals surface area contributed by atoms with Crippen molar-refractivity contribution >= 4 is 15.8 Å². The van der Waals surface area contributed by atoms with Crippen LogP contribution in [0.4, 0.5) is 8.78 Å². The Balaban J connectivity index is 1.81. The van der Waals surface area contributed by atoms with Gasteiger partial charge < -0.3 is 15.4 Å². The van der Waals surface area contributed by atoms with Gasteiger partial charge in [-0.1, -0.05) is 0 Å². The quantitative estimate of drug-likeness (QED) is 0.367. The smallest absolute Gasteiger partial charge is 0.191 e. The molecule has 0 aliphatic rings. The predicted octanol–water partition coefficient (Wildman–Crippen LogP) is 2.54. The van der Waals surface area contributed by atoms with Crippen LogP contribution < -0.4 is 15.4 Å². The minimum Gasteiger partial charge on any atom is -0.492 e. The van der Waals surface area contributed by atoms with E-state index in [1.54, 1.807) is 12.1 Å². The Morgan fingerprint density at radius 1 is 1.10 bits per heavy atom. The molecule has 0 aliphatic carbocycles. The third-order valence-electron chi connectivity index (χ3n) is 3.92. The largest absolute Gasteiger partial charge is 0.492 e. The van der Waals surface area contributed by atoms with Gasteiger partial charge in [0.15, 0.2) is 15.8 Å². The zero-order valence-corrected chi connectivity index (χ0v) is 17.2. The van der Waals surface area contributed by atoms with E-state index in [9.17, 15) is 17.2 Å². The van der Waals surface area contributed by atoms with E-state index in [0.29, 0.717) is 38.0 Å². The van der Waals surface area contributed by atoms with E-state index in [-0.39, 0.29) is 16.9 Å². The summed E-state index contributed by atoms with van der Waals surface area (Å²) in [5.41, 5.74) is 0.283. The molecule has 0 atom stereocenters. The number of sulfone groups is 1. The molecule has 0 amide bonds. The van der Waals surface area contributed by atoms with Gasteiger partial charge in [-0.2, -0.15) is 0 Å². The molecule has 0 spiro atoms. The first-order chi connectivity index (χ1) is 13.8. The van der Waals surface area contributed by atoms with Crippen LogP contribution in [0, 0.1) is 11.6 Å². The van der Waals surface area contributed by atoms with Gasteiger partial charge in [-0.05, 0) is 61.4 Å². The molecule has 158 valence electrons. The van der Waals surface area contributed by atoms with Crippen molar-refractivity contribution in [2.24, 2.45) is 4.99 Å². The van der Waals surface area contributed by atoms with Gasteiger partial charge in [-0.15, -0.1) is 0 Å². The maximum Gasteiger partial charge on any atom is 0.191 e. The number of benzene rings is 2. The van der Waals surface area contributed by atoms with Crippen LogP contribution in [0.15, 0.2) is 52.4 Å². The number of nitrogens with zero attached hydrogens (tertiary/aromatic N) is 1. The molecule has 29 heavy (non-hydrogen) atoms. The Morgan fingerprint density at radius 3 is 2.48 bits per heavy atom. The second-order valence-corrected chi connectivity index (χ2v) is 8.28. The zero-order chi connectivity index (χ0) is 21.3. The Morgan fingerprint density at radius 2 is 1.83 bits per heavy atom. The molecular weight excluding hydrogens is 400 g/mol. The molecule has 2 N–H and O–H groups in total. The van der Waals surface area contributed by atoms with Crippen molar-refractivity contribution in [3.63, 3.8) is 0 Å². The van der Waals surface area contributed by atoms with Crippen molar-refractivity contribution in [2.75, 3.05) is 32.5 Å². The summed E-state index contributed by atoms with van der Waals surface area (Å²) in [6, 6.07) is 9.56. The molecule has 0 unspecified atom stereocenters. The highest BCUT2D eigenvalue weighted by molar-refractivity contribution is 7.90. The summed E-state index contributed by atoms with van der Waals surface area (Å²) in [6.45, 7) is 3.65. The number of hydrogen-bond acceptors (Lipinski definition) is 4. The SMILES string of the molecule is CCNC(=NCCc1cc(F)ccc1F)NCCOc1ccc(S(C)(=O)=O)cc1. The molecule has 0 aliphatic heterocycles.